The zero-order valence-electron chi connectivity index (χ0n) is 14.1. The first-order valence-corrected chi connectivity index (χ1v) is 8.37. The minimum Gasteiger partial charge on any atom is -0.484 e. The van der Waals surface area contributed by atoms with Crippen molar-refractivity contribution in [2.45, 2.75) is 25.1 Å². The van der Waals surface area contributed by atoms with Crippen LogP contribution in [0, 0.1) is 5.92 Å². The van der Waals surface area contributed by atoms with Crippen molar-refractivity contribution < 1.29 is 22.7 Å². The number of fused-ring (bicyclic) bond motifs is 1. The second kappa shape index (κ2) is 7.11. The molecule has 1 N–H and O–H groups in total. The van der Waals surface area contributed by atoms with Crippen LogP contribution in [0.25, 0.3) is 0 Å². The number of ether oxygens (including phenoxy) is 1. The molecule has 0 radical (unpaired) electrons. The first-order chi connectivity index (χ1) is 11.8. The van der Waals surface area contributed by atoms with Crippen LogP contribution in [-0.4, -0.2) is 61.3 Å². The number of anilines is 1. The highest BCUT2D eigenvalue weighted by atomic mass is 19.4. The van der Waals surface area contributed by atoms with Gasteiger partial charge in [-0.1, -0.05) is 6.07 Å². The van der Waals surface area contributed by atoms with Gasteiger partial charge >= 0.3 is 12.2 Å². The number of likely N-dealkylation sites (tertiary alicyclic amines) is 2. The summed E-state index contributed by atoms with van der Waals surface area (Å²) in [6.07, 6.45) is -2.46. The summed E-state index contributed by atoms with van der Waals surface area (Å²) in [5, 5.41) is 2.78. The third kappa shape index (κ3) is 4.56. The van der Waals surface area contributed by atoms with Gasteiger partial charge in [0.15, 0.2) is 6.61 Å². The summed E-state index contributed by atoms with van der Waals surface area (Å²) in [5.74, 6) is 0.569. The Morgan fingerprint density at radius 2 is 2.12 bits per heavy atom. The van der Waals surface area contributed by atoms with E-state index in [1.54, 1.807) is 12.1 Å². The van der Waals surface area contributed by atoms with Gasteiger partial charge in [-0.15, -0.1) is 0 Å². The fraction of sp³-hybridized carbons (Fsp3) is 0.588. The predicted molar refractivity (Wildman–Crippen MR) is 87.7 cm³/mol. The van der Waals surface area contributed by atoms with Crippen molar-refractivity contribution in [2.75, 3.05) is 38.6 Å². The second-order valence-electron chi connectivity index (χ2n) is 6.72. The number of hydrogen-bond donors (Lipinski definition) is 1. The van der Waals surface area contributed by atoms with Gasteiger partial charge < -0.3 is 19.9 Å². The van der Waals surface area contributed by atoms with Crippen molar-refractivity contribution in [2.24, 2.45) is 5.92 Å². The highest BCUT2D eigenvalue weighted by molar-refractivity contribution is 5.90. The normalized spacial score (nSPS) is 24.1. The van der Waals surface area contributed by atoms with Crippen LogP contribution in [0.15, 0.2) is 24.3 Å². The fourth-order valence-electron chi connectivity index (χ4n) is 3.64. The van der Waals surface area contributed by atoms with Gasteiger partial charge in [0.05, 0.1) is 0 Å². The van der Waals surface area contributed by atoms with Crippen molar-refractivity contribution in [3.05, 3.63) is 24.3 Å². The molecule has 2 aliphatic rings. The Balaban J connectivity index is 1.60. The molecule has 2 aliphatic heterocycles. The van der Waals surface area contributed by atoms with E-state index < -0.39 is 12.8 Å². The smallest absolute Gasteiger partial charge is 0.422 e. The van der Waals surface area contributed by atoms with E-state index in [0.29, 0.717) is 18.2 Å². The van der Waals surface area contributed by atoms with Crippen LogP contribution < -0.4 is 10.1 Å². The standard InChI is InChI=1S/C17H22F3N3O2/c1-22-7-6-15-12(10-22)5-8-23(15)16(24)21-13-3-2-4-14(9-13)25-11-17(18,19)20/h2-4,9,12,15H,5-8,10-11H2,1H3,(H,21,24)/t12-,15+/m0/s1. The highest BCUT2D eigenvalue weighted by Gasteiger charge is 2.39. The van der Waals surface area contributed by atoms with Crippen molar-refractivity contribution in [3.8, 4) is 5.75 Å². The quantitative estimate of drug-likeness (QED) is 0.904. The average Bonchev–Trinajstić information content (AvgIpc) is 2.95. The molecule has 2 heterocycles. The van der Waals surface area contributed by atoms with E-state index in [2.05, 4.69) is 17.3 Å². The summed E-state index contributed by atoms with van der Waals surface area (Å²) in [5.41, 5.74) is 0.432. The van der Waals surface area contributed by atoms with Crippen LogP contribution in [0.1, 0.15) is 12.8 Å². The number of urea groups is 1. The lowest BCUT2D eigenvalue weighted by Gasteiger charge is -2.36. The van der Waals surface area contributed by atoms with Crippen LogP contribution in [0.2, 0.25) is 0 Å². The Labute approximate surface area is 144 Å². The lowest BCUT2D eigenvalue weighted by molar-refractivity contribution is -0.153. The van der Waals surface area contributed by atoms with Gasteiger partial charge in [0, 0.05) is 30.9 Å². The molecule has 0 saturated carbocycles. The van der Waals surface area contributed by atoms with E-state index in [1.807, 2.05) is 4.90 Å². The number of benzene rings is 1. The third-order valence-corrected chi connectivity index (χ3v) is 4.79. The van der Waals surface area contributed by atoms with Gasteiger partial charge in [-0.25, -0.2) is 4.79 Å². The fourth-order valence-corrected chi connectivity index (χ4v) is 3.64. The number of rotatable bonds is 3. The molecule has 1 aromatic rings. The molecular weight excluding hydrogens is 335 g/mol. The summed E-state index contributed by atoms with van der Waals surface area (Å²) in [7, 11) is 2.09. The van der Waals surface area contributed by atoms with E-state index in [9.17, 15) is 18.0 Å². The summed E-state index contributed by atoms with van der Waals surface area (Å²) in [4.78, 5) is 16.7. The van der Waals surface area contributed by atoms with E-state index in [1.165, 1.54) is 12.1 Å². The van der Waals surface area contributed by atoms with E-state index in [0.717, 1.165) is 25.9 Å². The maximum absolute atomic E-state index is 12.6. The molecule has 0 spiro atoms. The lowest BCUT2D eigenvalue weighted by atomic mass is 9.93. The Morgan fingerprint density at radius 1 is 1.32 bits per heavy atom. The Kier molecular flexibility index (Phi) is 5.08. The zero-order chi connectivity index (χ0) is 18.0. The number of carbonyl (C=O) groups is 1. The van der Waals surface area contributed by atoms with E-state index in [4.69, 9.17) is 4.74 Å². The van der Waals surface area contributed by atoms with Gasteiger partial charge in [0.25, 0.3) is 0 Å². The summed E-state index contributed by atoms with van der Waals surface area (Å²) < 4.78 is 41.4. The molecule has 3 rings (SSSR count). The van der Waals surface area contributed by atoms with E-state index in [-0.39, 0.29) is 17.8 Å². The van der Waals surface area contributed by atoms with Crippen LogP contribution in [-0.2, 0) is 0 Å². The molecule has 5 nitrogen and oxygen atoms in total. The van der Waals surface area contributed by atoms with Crippen LogP contribution >= 0.6 is 0 Å². The second-order valence-corrected chi connectivity index (χ2v) is 6.72. The summed E-state index contributed by atoms with van der Waals surface area (Å²) in [6, 6.07) is 6.08. The molecule has 2 fully saturated rings. The van der Waals surface area contributed by atoms with E-state index >= 15 is 0 Å². The van der Waals surface area contributed by atoms with Crippen LogP contribution in [0.4, 0.5) is 23.7 Å². The number of nitrogens with one attached hydrogen (secondary N) is 1. The number of alkyl halides is 3. The summed E-state index contributed by atoms with van der Waals surface area (Å²) in [6.45, 7) is 1.31. The molecule has 0 aliphatic carbocycles. The predicted octanol–water partition coefficient (Wildman–Crippen LogP) is 3.19. The molecule has 2 saturated heterocycles. The Morgan fingerprint density at radius 3 is 2.88 bits per heavy atom. The molecule has 1 aromatic carbocycles. The molecule has 25 heavy (non-hydrogen) atoms. The molecule has 138 valence electrons. The van der Waals surface area contributed by atoms with Gasteiger partial charge in [-0.2, -0.15) is 13.2 Å². The van der Waals surface area contributed by atoms with Crippen molar-refractivity contribution in [3.63, 3.8) is 0 Å². The number of nitrogens with zero attached hydrogens (tertiary/aromatic N) is 2. The number of halogens is 3. The minimum absolute atomic E-state index is 0.0775. The SMILES string of the molecule is CN1CC[C@@H]2[C@@H](CCN2C(=O)Nc2cccc(OCC(F)(F)F)c2)C1. The Hall–Kier alpha value is -1.96. The van der Waals surface area contributed by atoms with Crippen molar-refractivity contribution >= 4 is 11.7 Å². The summed E-state index contributed by atoms with van der Waals surface area (Å²) >= 11 is 0. The maximum Gasteiger partial charge on any atom is 0.422 e. The molecule has 8 heteroatoms. The first kappa shape index (κ1) is 17.8. The van der Waals surface area contributed by atoms with Gasteiger partial charge in [-0.3, -0.25) is 0 Å². The molecule has 0 unspecified atom stereocenters. The topological polar surface area (TPSA) is 44.8 Å². The van der Waals surface area contributed by atoms with Gasteiger partial charge in [-0.05, 0) is 44.5 Å². The number of carbonyl (C=O) groups excluding carboxylic acids is 1. The number of piperidine rings is 1. The third-order valence-electron chi connectivity index (χ3n) is 4.79. The monoisotopic (exact) mass is 357 g/mol. The van der Waals surface area contributed by atoms with Crippen LogP contribution in [0.3, 0.4) is 0 Å². The van der Waals surface area contributed by atoms with Crippen LogP contribution in [0.5, 0.6) is 5.75 Å². The Bertz CT molecular complexity index is 623. The number of hydrogen-bond acceptors (Lipinski definition) is 3. The largest absolute Gasteiger partial charge is 0.484 e. The zero-order valence-corrected chi connectivity index (χ0v) is 14.1. The van der Waals surface area contributed by atoms with Gasteiger partial charge in [0.2, 0.25) is 0 Å². The number of amides is 2. The van der Waals surface area contributed by atoms with Crippen molar-refractivity contribution in [1.29, 1.82) is 0 Å². The molecule has 0 aromatic heterocycles. The molecule has 2 amide bonds. The van der Waals surface area contributed by atoms with Gasteiger partial charge in [0.1, 0.15) is 5.75 Å². The van der Waals surface area contributed by atoms with Crippen molar-refractivity contribution in [1.82, 2.24) is 9.80 Å². The molecular formula is C17H22F3N3O2. The highest BCUT2D eigenvalue weighted by Crippen LogP contribution is 2.31. The minimum atomic E-state index is -4.39. The lowest BCUT2D eigenvalue weighted by Crippen LogP contribution is -2.47. The molecule has 0 bridgehead atoms. The maximum atomic E-state index is 12.6. The average molecular weight is 357 g/mol. The molecule has 2 atom stereocenters. The first-order valence-electron chi connectivity index (χ1n) is 8.37.